The first-order valence-electron chi connectivity index (χ1n) is 5.05. The Labute approximate surface area is 112 Å². The molecule has 86 valence electrons. The quantitative estimate of drug-likeness (QED) is 0.663. The number of nitrogen functional groups attached to an aromatic ring is 1. The zero-order chi connectivity index (χ0) is 12.0. The molecule has 2 aromatic heterocycles. The van der Waals surface area contributed by atoms with Gasteiger partial charge in [0.25, 0.3) is 0 Å². The summed E-state index contributed by atoms with van der Waals surface area (Å²) in [6, 6.07) is 5.76. The molecule has 0 aliphatic heterocycles. The van der Waals surface area contributed by atoms with Crippen molar-refractivity contribution in [1.29, 1.82) is 0 Å². The minimum Gasteiger partial charge on any atom is -0.399 e. The topological polar surface area (TPSA) is 38.9 Å². The molecule has 3 rings (SSSR count). The number of hydrogen-bond acceptors (Lipinski definition) is 4. The zero-order valence-electron chi connectivity index (χ0n) is 9.03. The van der Waals surface area contributed by atoms with E-state index < -0.39 is 0 Å². The summed E-state index contributed by atoms with van der Waals surface area (Å²) in [5.74, 6) is 0. The number of rotatable bonds is 1. The number of hydrogen-bond donors (Lipinski definition) is 1. The number of benzene rings is 1. The average Bonchev–Trinajstić information content (AvgIpc) is 2.83. The number of aromatic nitrogens is 1. The van der Waals surface area contributed by atoms with Crippen molar-refractivity contribution in [3.63, 3.8) is 0 Å². The van der Waals surface area contributed by atoms with Gasteiger partial charge in [0.1, 0.15) is 5.01 Å². The molecule has 0 amide bonds. The molecule has 0 fully saturated rings. The first-order valence-corrected chi connectivity index (χ1v) is 7.12. The van der Waals surface area contributed by atoms with Crippen LogP contribution in [-0.2, 0) is 0 Å². The van der Waals surface area contributed by atoms with E-state index in [0.29, 0.717) is 0 Å². The van der Waals surface area contributed by atoms with E-state index in [4.69, 9.17) is 17.3 Å². The molecule has 3 aromatic rings. The van der Waals surface area contributed by atoms with Gasteiger partial charge in [-0.2, -0.15) is 0 Å². The molecular weight excluding hydrogens is 272 g/mol. The Bertz CT molecular complexity index is 700. The molecular formula is C12H9ClN2S2. The lowest BCUT2D eigenvalue weighted by molar-refractivity contribution is 1.49. The first kappa shape index (κ1) is 11.0. The van der Waals surface area contributed by atoms with E-state index in [1.165, 1.54) is 0 Å². The molecule has 2 heterocycles. The fourth-order valence-corrected chi connectivity index (χ4v) is 4.06. The van der Waals surface area contributed by atoms with Crippen molar-refractivity contribution in [2.24, 2.45) is 0 Å². The Morgan fingerprint density at radius 2 is 2.18 bits per heavy atom. The van der Waals surface area contributed by atoms with Gasteiger partial charge < -0.3 is 5.73 Å². The van der Waals surface area contributed by atoms with Crippen LogP contribution in [0.4, 0.5) is 5.69 Å². The standard InChI is InChI=1S/C12H9ClN2S2/c1-6-5-16-11(10(6)13)12-15-8-3-2-7(14)4-9(8)17-12/h2-5H,14H2,1H3. The number of aryl methyl sites for hydroxylation is 1. The fourth-order valence-electron chi connectivity index (χ4n) is 1.61. The van der Waals surface area contributed by atoms with Gasteiger partial charge in [0, 0.05) is 5.69 Å². The second-order valence-corrected chi connectivity index (χ2v) is 6.10. The van der Waals surface area contributed by atoms with E-state index in [2.05, 4.69) is 10.4 Å². The van der Waals surface area contributed by atoms with Gasteiger partial charge in [-0.05, 0) is 36.1 Å². The lowest BCUT2D eigenvalue weighted by Gasteiger charge is -1.91. The minimum absolute atomic E-state index is 0.765. The maximum absolute atomic E-state index is 6.25. The molecule has 2 N–H and O–H groups in total. The van der Waals surface area contributed by atoms with Crippen LogP contribution in [0.15, 0.2) is 23.6 Å². The third-order valence-corrected chi connectivity index (χ3v) is 5.37. The maximum atomic E-state index is 6.25. The van der Waals surface area contributed by atoms with Crippen molar-refractivity contribution in [1.82, 2.24) is 4.98 Å². The molecule has 0 bridgehead atoms. The smallest absolute Gasteiger partial charge is 0.136 e. The van der Waals surface area contributed by atoms with Crippen molar-refractivity contribution < 1.29 is 0 Å². The van der Waals surface area contributed by atoms with E-state index in [1.54, 1.807) is 22.7 Å². The lowest BCUT2D eigenvalue weighted by Crippen LogP contribution is -1.81. The number of thiazole rings is 1. The molecule has 0 saturated carbocycles. The van der Waals surface area contributed by atoms with Gasteiger partial charge in [-0.3, -0.25) is 0 Å². The van der Waals surface area contributed by atoms with Crippen LogP contribution in [0.2, 0.25) is 5.02 Å². The van der Waals surface area contributed by atoms with Gasteiger partial charge in [0.15, 0.2) is 0 Å². The summed E-state index contributed by atoms with van der Waals surface area (Å²) in [6.07, 6.45) is 0. The minimum atomic E-state index is 0.765. The molecule has 0 aliphatic carbocycles. The Morgan fingerprint density at radius 1 is 1.35 bits per heavy atom. The van der Waals surface area contributed by atoms with Gasteiger partial charge in [0.05, 0.1) is 20.1 Å². The van der Waals surface area contributed by atoms with Gasteiger partial charge >= 0.3 is 0 Å². The molecule has 0 saturated heterocycles. The van der Waals surface area contributed by atoms with Crippen molar-refractivity contribution in [2.75, 3.05) is 5.73 Å². The van der Waals surface area contributed by atoms with Crippen LogP contribution in [0, 0.1) is 6.92 Å². The predicted octanol–water partition coefficient (Wildman–Crippen LogP) is 4.57. The van der Waals surface area contributed by atoms with Crippen LogP contribution < -0.4 is 5.73 Å². The second-order valence-electron chi connectivity index (χ2n) is 3.81. The van der Waals surface area contributed by atoms with Crippen LogP contribution >= 0.6 is 34.3 Å². The summed E-state index contributed by atoms with van der Waals surface area (Å²) < 4.78 is 1.10. The SMILES string of the molecule is Cc1csc(-c2nc3ccc(N)cc3s2)c1Cl. The van der Waals surface area contributed by atoms with Gasteiger partial charge in [-0.15, -0.1) is 22.7 Å². The monoisotopic (exact) mass is 280 g/mol. The van der Waals surface area contributed by atoms with E-state index in [9.17, 15) is 0 Å². The van der Waals surface area contributed by atoms with Crippen LogP contribution in [0.5, 0.6) is 0 Å². The highest BCUT2D eigenvalue weighted by Gasteiger charge is 2.13. The van der Waals surface area contributed by atoms with E-state index >= 15 is 0 Å². The summed E-state index contributed by atoms with van der Waals surface area (Å²) in [7, 11) is 0. The van der Waals surface area contributed by atoms with E-state index in [0.717, 1.165) is 36.4 Å². The summed E-state index contributed by atoms with van der Waals surface area (Å²) in [6.45, 7) is 2.01. The molecule has 17 heavy (non-hydrogen) atoms. The Hall–Kier alpha value is -1.10. The van der Waals surface area contributed by atoms with Crippen molar-refractivity contribution in [3.8, 4) is 9.88 Å². The summed E-state index contributed by atoms with van der Waals surface area (Å²) >= 11 is 9.51. The normalized spacial score (nSPS) is 11.2. The molecule has 0 aliphatic rings. The Kier molecular flexibility index (Phi) is 2.58. The number of fused-ring (bicyclic) bond motifs is 1. The summed E-state index contributed by atoms with van der Waals surface area (Å²) in [5, 5.41) is 3.83. The molecule has 0 atom stereocenters. The summed E-state index contributed by atoms with van der Waals surface area (Å²) in [5.41, 5.74) is 8.60. The lowest BCUT2D eigenvalue weighted by atomic mass is 10.3. The fraction of sp³-hybridized carbons (Fsp3) is 0.0833. The highest BCUT2D eigenvalue weighted by Crippen LogP contribution is 2.40. The van der Waals surface area contributed by atoms with Crippen LogP contribution in [0.1, 0.15) is 5.56 Å². The first-order chi connectivity index (χ1) is 8.15. The highest BCUT2D eigenvalue weighted by atomic mass is 35.5. The van der Waals surface area contributed by atoms with Crippen molar-refractivity contribution in [3.05, 3.63) is 34.2 Å². The molecule has 5 heteroatoms. The predicted molar refractivity (Wildman–Crippen MR) is 77.1 cm³/mol. The molecule has 0 radical (unpaired) electrons. The van der Waals surface area contributed by atoms with Crippen LogP contribution in [0.3, 0.4) is 0 Å². The number of nitrogens with two attached hydrogens (primary N) is 1. The number of nitrogens with zero attached hydrogens (tertiary/aromatic N) is 1. The third kappa shape index (κ3) is 1.82. The highest BCUT2D eigenvalue weighted by molar-refractivity contribution is 7.25. The van der Waals surface area contributed by atoms with Crippen LogP contribution in [-0.4, -0.2) is 4.98 Å². The van der Waals surface area contributed by atoms with Gasteiger partial charge in [-0.1, -0.05) is 11.6 Å². The van der Waals surface area contributed by atoms with Crippen molar-refractivity contribution >= 4 is 50.2 Å². The van der Waals surface area contributed by atoms with Gasteiger partial charge in [0.2, 0.25) is 0 Å². The number of halogens is 1. The Morgan fingerprint density at radius 3 is 2.88 bits per heavy atom. The maximum Gasteiger partial charge on any atom is 0.136 e. The van der Waals surface area contributed by atoms with E-state index in [1.807, 2.05) is 25.1 Å². The summed E-state index contributed by atoms with van der Waals surface area (Å²) in [4.78, 5) is 5.63. The molecule has 0 unspecified atom stereocenters. The largest absolute Gasteiger partial charge is 0.399 e. The second kappa shape index (κ2) is 3.98. The zero-order valence-corrected chi connectivity index (χ0v) is 11.4. The Balaban J connectivity index is 2.21. The number of anilines is 1. The molecule has 2 nitrogen and oxygen atoms in total. The van der Waals surface area contributed by atoms with Gasteiger partial charge in [-0.25, -0.2) is 4.98 Å². The van der Waals surface area contributed by atoms with Crippen molar-refractivity contribution in [2.45, 2.75) is 6.92 Å². The third-order valence-electron chi connectivity index (χ3n) is 2.51. The number of thiophene rings is 1. The average molecular weight is 281 g/mol. The molecule has 1 aromatic carbocycles. The van der Waals surface area contributed by atoms with E-state index in [-0.39, 0.29) is 0 Å². The van der Waals surface area contributed by atoms with Crippen LogP contribution in [0.25, 0.3) is 20.1 Å². The molecule has 0 spiro atoms.